The fraction of sp³-hybridized carbons (Fsp3) is 0.471. The van der Waals surface area contributed by atoms with Gasteiger partial charge in [0, 0.05) is 18.4 Å². The van der Waals surface area contributed by atoms with Gasteiger partial charge in [-0.25, -0.2) is 9.97 Å². The van der Waals surface area contributed by atoms with E-state index in [1.807, 2.05) is 18.4 Å². The summed E-state index contributed by atoms with van der Waals surface area (Å²) in [7, 11) is 0. The molecule has 0 unspecified atom stereocenters. The second-order valence-electron chi connectivity index (χ2n) is 6.71. The Morgan fingerprint density at radius 1 is 1.12 bits per heavy atom. The third-order valence-corrected chi connectivity index (χ3v) is 4.10. The molecule has 0 saturated carbocycles. The van der Waals surface area contributed by atoms with E-state index in [9.17, 15) is 5.11 Å². The zero-order valence-corrected chi connectivity index (χ0v) is 15.4. The monoisotopic (exact) mass is 356 g/mol. The largest absolute Gasteiger partial charge is 0.394 e. The van der Waals surface area contributed by atoms with Crippen molar-refractivity contribution < 1.29 is 5.11 Å². The molecule has 3 rings (SSSR count). The maximum atomic E-state index is 9.61. The van der Waals surface area contributed by atoms with Gasteiger partial charge in [-0.2, -0.15) is 9.97 Å². The van der Waals surface area contributed by atoms with Crippen molar-refractivity contribution >= 4 is 28.7 Å². The van der Waals surface area contributed by atoms with Crippen LogP contribution in [0.5, 0.6) is 0 Å². The fourth-order valence-corrected chi connectivity index (χ4v) is 2.52. The molecule has 1 atom stereocenters. The highest BCUT2D eigenvalue weighted by Gasteiger charge is 2.18. The minimum Gasteiger partial charge on any atom is -0.394 e. The van der Waals surface area contributed by atoms with Crippen LogP contribution in [0.1, 0.15) is 33.7 Å². The van der Waals surface area contributed by atoms with Crippen LogP contribution >= 0.6 is 0 Å². The van der Waals surface area contributed by atoms with E-state index in [2.05, 4.69) is 49.4 Å². The molecule has 0 amide bonds. The first-order valence-electron chi connectivity index (χ1n) is 8.64. The highest BCUT2D eigenvalue weighted by atomic mass is 16.3. The number of imidazole rings is 1. The smallest absolute Gasteiger partial charge is 0.227 e. The number of fused-ring (bicyclic) bond motifs is 1. The second-order valence-corrected chi connectivity index (χ2v) is 6.71. The summed E-state index contributed by atoms with van der Waals surface area (Å²) in [6.45, 7) is 8.19. The van der Waals surface area contributed by atoms with Crippen LogP contribution in [-0.2, 0) is 0 Å². The summed E-state index contributed by atoms with van der Waals surface area (Å²) >= 11 is 0. The Labute approximate surface area is 152 Å². The molecule has 0 bridgehead atoms. The van der Waals surface area contributed by atoms with Crippen molar-refractivity contribution in [2.24, 2.45) is 5.92 Å². The molecule has 0 aliphatic carbocycles. The van der Waals surface area contributed by atoms with Crippen molar-refractivity contribution in [1.82, 2.24) is 29.5 Å². The van der Waals surface area contributed by atoms with Crippen LogP contribution in [0.25, 0.3) is 11.2 Å². The first-order valence-corrected chi connectivity index (χ1v) is 8.64. The molecule has 9 nitrogen and oxygen atoms in total. The average Bonchev–Trinajstić information content (AvgIpc) is 3.04. The van der Waals surface area contributed by atoms with Gasteiger partial charge in [0.25, 0.3) is 0 Å². The molecule has 0 spiro atoms. The number of rotatable bonds is 7. The van der Waals surface area contributed by atoms with Crippen molar-refractivity contribution in [2.45, 2.75) is 39.8 Å². The van der Waals surface area contributed by atoms with Gasteiger partial charge in [-0.1, -0.05) is 13.8 Å². The number of aliphatic hydroxyl groups is 1. The Balaban J connectivity index is 2.06. The standard InChI is InChI=1S/C17H24N8O/c1-10(2)12(8-26)21-17-23-15(22-13-7-18-5-6-19-13)14-16(24-17)25(9-20-14)11(3)4/h5-7,9-12,26H,8H2,1-4H3,(H2,19,21,22,23,24)/t12-/m0/s1. The van der Waals surface area contributed by atoms with E-state index in [-0.39, 0.29) is 24.6 Å². The first kappa shape index (κ1) is 18.0. The van der Waals surface area contributed by atoms with E-state index in [4.69, 9.17) is 0 Å². The summed E-state index contributed by atoms with van der Waals surface area (Å²) in [5.41, 5.74) is 1.37. The molecule has 0 aromatic carbocycles. The molecule has 0 aliphatic rings. The number of hydrogen-bond donors (Lipinski definition) is 3. The number of nitrogens with zero attached hydrogens (tertiary/aromatic N) is 6. The van der Waals surface area contributed by atoms with Crippen LogP contribution in [0, 0.1) is 5.92 Å². The van der Waals surface area contributed by atoms with E-state index in [0.29, 0.717) is 28.7 Å². The molecule has 26 heavy (non-hydrogen) atoms. The SMILES string of the molecule is CC(C)[C@H](CO)Nc1nc(Nc2cnccn2)c2ncn(C(C)C)c2n1. The number of aliphatic hydroxyl groups excluding tert-OH is 1. The molecule has 0 aliphatic heterocycles. The van der Waals surface area contributed by atoms with Crippen LogP contribution in [0.4, 0.5) is 17.6 Å². The van der Waals surface area contributed by atoms with Gasteiger partial charge in [-0.05, 0) is 19.8 Å². The molecule has 0 radical (unpaired) electrons. The van der Waals surface area contributed by atoms with Crippen molar-refractivity contribution in [3.8, 4) is 0 Å². The van der Waals surface area contributed by atoms with Crippen molar-refractivity contribution in [3.63, 3.8) is 0 Å². The van der Waals surface area contributed by atoms with Crippen molar-refractivity contribution in [1.29, 1.82) is 0 Å². The van der Waals surface area contributed by atoms with E-state index in [0.717, 1.165) is 0 Å². The van der Waals surface area contributed by atoms with Crippen LogP contribution < -0.4 is 10.6 Å². The number of anilines is 3. The van der Waals surface area contributed by atoms with Crippen LogP contribution in [0.3, 0.4) is 0 Å². The highest BCUT2D eigenvalue weighted by Crippen LogP contribution is 2.25. The third-order valence-electron chi connectivity index (χ3n) is 4.10. The van der Waals surface area contributed by atoms with E-state index >= 15 is 0 Å². The lowest BCUT2D eigenvalue weighted by Gasteiger charge is -2.20. The van der Waals surface area contributed by atoms with E-state index < -0.39 is 0 Å². The molecule has 138 valence electrons. The normalized spacial score (nSPS) is 12.7. The lowest BCUT2D eigenvalue weighted by atomic mass is 10.1. The highest BCUT2D eigenvalue weighted by molar-refractivity contribution is 5.86. The van der Waals surface area contributed by atoms with Gasteiger partial charge < -0.3 is 20.3 Å². The molecule has 3 aromatic rings. The predicted molar refractivity (Wildman–Crippen MR) is 100 cm³/mol. The number of hydrogen-bond acceptors (Lipinski definition) is 8. The van der Waals surface area contributed by atoms with Crippen LogP contribution in [0.15, 0.2) is 24.9 Å². The van der Waals surface area contributed by atoms with E-state index in [1.165, 1.54) is 0 Å². The topological polar surface area (TPSA) is 114 Å². The Morgan fingerprint density at radius 3 is 2.54 bits per heavy atom. The summed E-state index contributed by atoms with van der Waals surface area (Å²) < 4.78 is 1.98. The van der Waals surface area contributed by atoms with Crippen molar-refractivity contribution in [2.75, 3.05) is 17.2 Å². The van der Waals surface area contributed by atoms with Gasteiger partial charge in [0.2, 0.25) is 5.95 Å². The summed E-state index contributed by atoms with van der Waals surface area (Å²) in [5, 5.41) is 16.0. The number of nitrogens with one attached hydrogen (secondary N) is 2. The Kier molecular flexibility index (Phi) is 5.27. The first-order chi connectivity index (χ1) is 12.5. The summed E-state index contributed by atoms with van der Waals surface area (Å²) in [6.07, 6.45) is 6.58. The minimum atomic E-state index is -0.146. The third kappa shape index (κ3) is 3.72. The maximum Gasteiger partial charge on any atom is 0.227 e. The zero-order valence-electron chi connectivity index (χ0n) is 15.4. The van der Waals surface area contributed by atoms with Gasteiger partial charge >= 0.3 is 0 Å². The fourth-order valence-electron chi connectivity index (χ4n) is 2.52. The lowest BCUT2D eigenvalue weighted by molar-refractivity contribution is 0.248. The van der Waals surface area contributed by atoms with E-state index in [1.54, 1.807) is 24.9 Å². The van der Waals surface area contributed by atoms with Crippen LogP contribution in [-0.4, -0.2) is 47.2 Å². The number of aromatic nitrogens is 6. The van der Waals surface area contributed by atoms with Gasteiger partial charge in [0.05, 0.1) is 25.2 Å². The average molecular weight is 356 g/mol. The quantitative estimate of drug-likeness (QED) is 0.591. The maximum absolute atomic E-state index is 9.61. The zero-order chi connectivity index (χ0) is 18.7. The molecule has 3 aromatic heterocycles. The second kappa shape index (κ2) is 7.61. The summed E-state index contributed by atoms with van der Waals surface area (Å²) in [4.78, 5) is 21.9. The lowest BCUT2D eigenvalue weighted by Crippen LogP contribution is -2.30. The predicted octanol–water partition coefficient (Wildman–Crippen LogP) is 2.37. The molecule has 0 fully saturated rings. The Morgan fingerprint density at radius 2 is 1.92 bits per heavy atom. The molecule has 3 N–H and O–H groups in total. The molecular weight excluding hydrogens is 332 g/mol. The van der Waals surface area contributed by atoms with Gasteiger partial charge in [-0.15, -0.1) is 0 Å². The van der Waals surface area contributed by atoms with Crippen LogP contribution in [0.2, 0.25) is 0 Å². The Hall–Kier alpha value is -2.81. The molecule has 0 saturated heterocycles. The molecule has 9 heteroatoms. The summed E-state index contributed by atoms with van der Waals surface area (Å²) in [6, 6.07) is 0.0538. The Bertz CT molecular complexity index is 862. The minimum absolute atomic E-state index is 0.00453. The van der Waals surface area contributed by atoms with Crippen molar-refractivity contribution in [3.05, 3.63) is 24.9 Å². The molecular formula is C17H24N8O. The summed E-state index contributed by atoms with van der Waals surface area (Å²) in [5.74, 6) is 1.77. The molecule has 3 heterocycles. The van der Waals surface area contributed by atoms with Gasteiger partial charge in [-0.3, -0.25) is 4.98 Å². The van der Waals surface area contributed by atoms with Gasteiger partial charge in [0.15, 0.2) is 17.0 Å². The van der Waals surface area contributed by atoms with Gasteiger partial charge in [0.1, 0.15) is 5.82 Å².